The number of aliphatic hydroxyl groups is 1. The molecule has 2 nitrogen and oxygen atoms in total. The normalized spacial score (nSPS) is 13.0. The zero-order chi connectivity index (χ0) is 19.4. The van der Waals surface area contributed by atoms with Crippen molar-refractivity contribution in [2.45, 2.75) is 38.9 Å². The van der Waals surface area contributed by atoms with Crippen molar-refractivity contribution in [1.29, 1.82) is 0 Å². The van der Waals surface area contributed by atoms with Gasteiger partial charge in [0.1, 0.15) is 0 Å². The lowest BCUT2D eigenvalue weighted by Gasteiger charge is -2.37. The second-order valence-electron chi connectivity index (χ2n) is 7.97. The minimum absolute atomic E-state index is 0.672. The summed E-state index contributed by atoms with van der Waals surface area (Å²) >= 11 is 8.16. The number of fused-ring (bicyclic) bond motifs is 4. The summed E-state index contributed by atoms with van der Waals surface area (Å²) in [6, 6.07) is 16.8. The van der Waals surface area contributed by atoms with Crippen LogP contribution in [0.1, 0.15) is 27.7 Å². The Hall–Kier alpha value is -1.59. The molecule has 0 saturated carbocycles. The number of halogens is 1. The first-order valence-electron chi connectivity index (χ1n) is 8.94. The minimum Gasteiger partial charge on any atom is -0.427 e. The van der Waals surface area contributed by atoms with Crippen LogP contribution in [0.3, 0.4) is 0 Å². The smallest absolute Gasteiger partial charge is 0.332 e. The molecule has 27 heavy (non-hydrogen) atoms. The van der Waals surface area contributed by atoms with Gasteiger partial charge >= 0.3 is 7.48 Å². The number of hydrogen-bond acceptors (Lipinski definition) is 3. The molecule has 0 aliphatic heterocycles. The molecule has 1 N–H and O–H groups in total. The van der Waals surface area contributed by atoms with Crippen LogP contribution in [0, 0.1) is 0 Å². The Morgan fingerprint density at radius 3 is 2.30 bits per heavy atom. The van der Waals surface area contributed by atoms with Crippen LogP contribution < -0.4 is 5.46 Å². The van der Waals surface area contributed by atoms with Gasteiger partial charge in [-0.25, -0.2) is 0 Å². The highest BCUT2D eigenvalue weighted by Gasteiger charge is 2.36. The van der Waals surface area contributed by atoms with Crippen molar-refractivity contribution < 1.29 is 9.76 Å². The highest BCUT2D eigenvalue weighted by atomic mass is 35.5. The van der Waals surface area contributed by atoms with E-state index in [1.54, 1.807) is 32.7 Å². The van der Waals surface area contributed by atoms with Crippen molar-refractivity contribution in [2.24, 2.45) is 0 Å². The highest BCUT2D eigenvalue weighted by molar-refractivity contribution is 7.27. The van der Waals surface area contributed by atoms with Crippen molar-refractivity contribution >= 4 is 66.8 Å². The third-order valence-electron chi connectivity index (χ3n) is 5.39. The standard InChI is InChI=1S/C22H21BClO2S/c1-21(2,25)22(3,4)26-23-18-12-15(24)11-17-16-9-13-7-5-6-8-14(13)10-19(16)27-20(17)18/h5-12,25H,1-4H3. The van der Waals surface area contributed by atoms with Crippen LogP contribution in [0.5, 0.6) is 0 Å². The van der Waals surface area contributed by atoms with Crippen molar-refractivity contribution in [2.75, 3.05) is 0 Å². The predicted octanol–water partition coefficient (Wildman–Crippen LogP) is 5.67. The highest BCUT2D eigenvalue weighted by Crippen LogP contribution is 2.37. The molecule has 0 unspecified atom stereocenters. The van der Waals surface area contributed by atoms with E-state index in [0.717, 1.165) is 15.5 Å². The van der Waals surface area contributed by atoms with Gasteiger partial charge in [0, 0.05) is 25.2 Å². The van der Waals surface area contributed by atoms with Crippen LogP contribution in [-0.4, -0.2) is 23.8 Å². The number of thiophene rings is 1. The summed E-state index contributed by atoms with van der Waals surface area (Å²) in [4.78, 5) is 0. The minimum atomic E-state index is -0.973. The monoisotopic (exact) mass is 395 g/mol. The Morgan fingerprint density at radius 2 is 1.63 bits per heavy atom. The molecule has 0 bridgehead atoms. The largest absolute Gasteiger partial charge is 0.427 e. The molecule has 0 fully saturated rings. The van der Waals surface area contributed by atoms with E-state index < -0.39 is 11.2 Å². The Labute approximate surface area is 169 Å². The topological polar surface area (TPSA) is 29.5 Å². The molecule has 0 atom stereocenters. The van der Waals surface area contributed by atoms with E-state index in [0.29, 0.717) is 5.02 Å². The first-order chi connectivity index (χ1) is 12.7. The Morgan fingerprint density at radius 1 is 0.963 bits per heavy atom. The fourth-order valence-corrected chi connectivity index (χ4v) is 4.41. The molecule has 0 saturated heterocycles. The second-order valence-corrected chi connectivity index (χ2v) is 9.46. The van der Waals surface area contributed by atoms with Crippen LogP contribution in [-0.2, 0) is 4.65 Å². The quantitative estimate of drug-likeness (QED) is 0.451. The molecule has 4 rings (SSSR count). The van der Waals surface area contributed by atoms with Gasteiger partial charge in [0.15, 0.2) is 0 Å². The SMILES string of the molecule is CC(C)(O)C(C)(C)O[B]c1cc(Cl)cc2c1sc1cc3ccccc3cc12. The zero-order valence-electron chi connectivity index (χ0n) is 15.8. The average Bonchev–Trinajstić information content (AvgIpc) is 2.94. The molecular formula is C22H21BClO2S. The molecule has 0 aliphatic rings. The van der Waals surface area contributed by atoms with Gasteiger partial charge in [0.2, 0.25) is 0 Å². The Bertz CT molecular complexity index is 1160. The summed E-state index contributed by atoms with van der Waals surface area (Å²) in [5, 5.41) is 15.8. The summed E-state index contributed by atoms with van der Waals surface area (Å²) in [5.41, 5.74) is -0.772. The molecule has 4 aromatic rings. The maximum absolute atomic E-state index is 10.3. The van der Waals surface area contributed by atoms with Crippen LogP contribution in [0.25, 0.3) is 30.9 Å². The fraction of sp³-hybridized carbons (Fsp3) is 0.273. The molecule has 3 aromatic carbocycles. The molecular weight excluding hydrogens is 375 g/mol. The van der Waals surface area contributed by atoms with Gasteiger partial charge in [0.05, 0.1) is 11.2 Å². The van der Waals surface area contributed by atoms with Crippen LogP contribution in [0.2, 0.25) is 5.02 Å². The fourth-order valence-electron chi connectivity index (χ4n) is 3.00. The molecule has 1 aromatic heterocycles. The van der Waals surface area contributed by atoms with Gasteiger partial charge in [-0.05, 0) is 68.2 Å². The first kappa shape index (κ1) is 18.8. The summed E-state index contributed by atoms with van der Waals surface area (Å²) in [7, 11) is 1.72. The van der Waals surface area contributed by atoms with E-state index in [1.165, 1.54) is 20.9 Å². The molecule has 0 amide bonds. The van der Waals surface area contributed by atoms with Gasteiger partial charge in [-0.2, -0.15) is 0 Å². The summed E-state index contributed by atoms with van der Waals surface area (Å²) in [5.74, 6) is 0. The van der Waals surface area contributed by atoms with E-state index in [9.17, 15) is 5.11 Å². The molecule has 5 heteroatoms. The molecule has 0 spiro atoms. The lowest BCUT2D eigenvalue weighted by molar-refractivity contribution is -0.0893. The lowest BCUT2D eigenvalue weighted by Crippen LogP contribution is -2.49. The van der Waals surface area contributed by atoms with Crippen molar-refractivity contribution in [1.82, 2.24) is 0 Å². The summed E-state index contributed by atoms with van der Waals surface area (Å²) in [6.07, 6.45) is 0. The second kappa shape index (κ2) is 6.49. The third-order valence-corrected chi connectivity index (χ3v) is 6.82. The predicted molar refractivity (Wildman–Crippen MR) is 119 cm³/mol. The lowest BCUT2D eigenvalue weighted by atomic mass is 9.82. The van der Waals surface area contributed by atoms with E-state index in [2.05, 4.69) is 36.4 Å². The van der Waals surface area contributed by atoms with E-state index in [1.807, 2.05) is 26.0 Å². The van der Waals surface area contributed by atoms with Gasteiger partial charge in [-0.15, -0.1) is 11.3 Å². The maximum Gasteiger partial charge on any atom is 0.332 e. The Balaban J connectivity index is 1.85. The van der Waals surface area contributed by atoms with Gasteiger partial charge in [0.25, 0.3) is 0 Å². The molecule has 137 valence electrons. The van der Waals surface area contributed by atoms with Crippen LogP contribution in [0.15, 0.2) is 48.5 Å². The van der Waals surface area contributed by atoms with Gasteiger partial charge in [-0.1, -0.05) is 35.9 Å². The number of hydrogen-bond donors (Lipinski definition) is 1. The van der Waals surface area contributed by atoms with Crippen LogP contribution in [0.4, 0.5) is 0 Å². The van der Waals surface area contributed by atoms with E-state index >= 15 is 0 Å². The van der Waals surface area contributed by atoms with Crippen molar-refractivity contribution in [3.8, 4) is 0 Å². The number of rotatable bonds is 4. The van der Waals surface area contributed by atoms with Gasteiger partial charge in [-0.3, -0.25) is 0 Å². The van der Waals surface area contributed by atoms with Crippen molar-refractivity contribution in [3.63, 3.8) is 0 Å². The van der Waals surface area contributed by atoms with E-state index in [4.69, 9.17) is 16.3 Å². The third kappa shape index (κ3) is 3.36. The molecule has 1 radical (unpaired) electrons. The van der Waals surface area contributed by atoms with E-state index in [-0.39, 0.29) is 0 Å². The summed E-state index contributed by atoms with van der Waals surface area (Å²) < 4.78 is 8.35. The van der Waals surface area contributed by atoms with Crippen molar-refractivity contribution in [3.05, 3.63) is 53.6 Å². The van der Waals surface area contributed by atoms with Crippen LogP contribution >= 0.6 is 22.9 Å². The average molecular weight is 396 g/mol. The van der Waals surface area contributed by atoms with Gasteiger partial charge < -0.3 is 9.76 Å². The number of benzene rings is 3. The Kier molecular flexibility index (Phi) is 4.51. The zero-order valence-corrected chi connectivity index (χ0v) is 17.4. The molecule has 0 aliphatic carbocycles. The summed E-state index contributed by atoms with van der Waals surface area (Å²) in [6.45, 7) is 7.25. The first-order valence-corrected chi connectivity index (χ1v) is 10.1. The molecule has 1 heterocycles. The maximum atomic E-state index is 10.3.